The first-order valence-electron chi connectivity index (χ1n) is 5.53. The third-order valence-electron chi connectivity index (χ3n) is 3.97. The van der Waals surface area contributed by atoms with Crippen LogP contribution in [0.25, 0.3) is 0 Å². The summed E-state index contributed by atoms with van der Waals surface area (Å²) in [5.74, 6) is 0.237. The lowest BCUT2D eigenvalue weighted by atomic mass is 9.72. The Labute approximate surface area is 84.9 Å². The van der Waals surface area contributed by atoms with Crippen LogP contribution in [-0.4, -0.2) is 22.7 Å². The molecule has 14 heavy (non-hydrogen) atoms. The molecule has 3 heteroatoms. The second-order valence-electron chi connectivity index (χ2n) is 5.24. The molecule has 0 spiro atoms. The van der Waals surface area contributed by atoms with Crippen molar-refractivity contribution in [3.05, 3.63) is 0 Å². The van der Waals surface area contributed by atoms with Gasteiger partial charge in [-0.2, -0.15) is 0 Å². The Morgan fingerprint density at radius 3 is 2.64 bits per heavy atom. The van der Waals surface area contributed by atoms with Crippen molar-refractivity contribution in [3.63, 3.8) is 0 Å². The maximum atomic E-state index is 11.1. The van der Waals surface area contributed by atoms with Crippen LogP contribution in [0, 0.1) is 11.8 Å². The van der Waals surface area contributed by atoms with Gasteiger partial charge in [-0.15, -0.1) is 0 Å². The Kier molecular flexibility index (Phi) is 2.30. The van der Waals surface area contributed by atoms with E-state index in [0.717, 1.165) is 6.42 Å². The standard InChI is InChI=1S/C11H19NO2/c1-11(2)8-6-4-3-5-7(8)9(12-11)10(13)14/h7-9,12H,3-6H2,1-2H3,(H,13,14). The molecule has 3 atom stereocenters. The summed E-state index contributed by atoms with van der Waals surface area (Å²) in [4.78, 5) is 11.1. The highest BCUT2D eigenvalue weighted by Crippen LogP contribution is 2.44. The van der Waals surface area contributed by atoms with Crippen LogP contribution in [0.1, 0.15) is 39.5 Å². The summed E-state index contributed by atoms with van der Waals surface area (Å²) >= 11 is 0. The zero-order valence-electron chi connectivity index (χ0n) is 8.92. The zero-order valence-corrected chi connectivity index (χ0v) is 8.92. The van der Waals surface area contributed by atoms with Crippen molar-refractivity contribution in [2.45, 2.75) is 51.1 Å². The summed E-state index contributed by atoms with van der Waals surface area (Å²) in [5, 5.41) is 12.4. The van der Waals surface area contributed by atoms with Crippen molar-refractivity contribution in [2.75, 3.05) is 0 Å². The van der Waals surface area contributed by atoms with E-state index in [0.29, 0.717) is 11.8 Å². The van der Waals surface area contributed by atoms with Gasteiger partial charge in [0.1, 0.15) is 6.04 Å². The van der Waals surface area contributed by atoms with Crippen molar-refractivity contribution >= 4 is 5.97 Å². The van der Waals surface area contributed by atoms with Gasteiger partial charge >= 0.3 is 5.97 Å². The van der Waals surface area contributed by atoms with Crippen LogP contribution in [0.15, 0.2) is 0 Å². The number of hydrogen-bond donors (Lipinski definition) is 2. The van der Waals surface area contributed by atoms with E-state index < -0.39 is 5.97 Å². The number of carboxylic acid groups (broad SMARTS) is 1. The Morgan fingerprint density at radius 1 is 1.36 bits per heavy atom. The fourth-order valence-electron chi connectivity index (χ4n) is 3.31. The SMILES string of the molecule is CC1(C)NC(C(=O)O)C2CCCCC21. The molecule has 0 amide bonds. The summed E-state index contributed by atoms with van der Waals surface area (Å²) in [6.07, 6.45) is 4.73. The first-order chi connectivity index (χ1) is 6.52. The Morgan fingerprint density at radius 2 is 2.00 bits per heavy atom. The maximum Gasteiger partial charge on any atom is 0.321 e. The molecular weight excluding hydrogens is 178 g/mol. The first kappa shape index (κ1) is 9.97. The molecule has 0 aromatic carbocycles. The fourth-order valence-corrected chi connectivity index (χ4v) is 3.31. The van der Waals surface area contributed by atoms with Crippen molar-refractivity contribution < 1.29 is 9.90 Å². The van der Waals surface area contributed by atoms with Gasteiger partial charge in [0, 0.05) is 5.54 Å². The third kappa shape index (κ3) is 1.44. The average Bonchev–Trinajstić information content (AvgIpc) is 2.40. The van der Waals surface area contributed by atoms with Crippen LogP contribution >= 0.6 is 0 Å². The first-order valence-corrected chi connectivity index (χ1v) is 5.53. The number of rotatable bonds is 1. The number of aliphatic carboxylic acids is 1. The Balaban J connectivity index is 2.21. The quantitative estimate of drug-likeness (QED) is 0.671. The molecule has 1 aliphatic carbocycles. The van der Waals surface area contributed by atoms with Gasteiger partial charge in [0.15, 0.2) is 0 Å². The van der Waals surface area contributed by atoms with Gasteiger partial charge in [-0.25, -0.2) is 0 Å². The molecule has 1 heterocycles. The smallest absolute Gasteiger partial charge is 0.321 e. The molecule has 2 N–H and O–H groups in total. The maximum absolute atomic E-state index is 11.1. The van der Waals surface area contributed by atoms with Crippen LogP contribution in [0.5, 0.6) is 0 Å². The predicted molar refractivity (Wildman–Crippen MR) is 54.1 cm³/mol. The van der Waals surface area contributed by atoms with Crippen molar-refractivity contribution in [3.8, 4) is 0 Å². The summed E-state index contributed by atoms with van der Waals surface area (Å²) in [6.45, 7) is 4.28. The topological polar surface area (TPSA) is 49.3 Å². The van der Waals surface area contributed by atoms with Gasteiger partial charge in [0.05, 0.1) is 0 Å². The Bertz CT molecular complexity index is 250. The van der Waals surface area contributed by atoms with Gasteiger partial charge < -0.3 is 5.11 Å². The molecule has 3 nitrogen and oxygen atoms in total. The number of nitrogens with one attached hydrogen (secondary N) is 1. The molecule has 1 aliphatic heterocycles. The molecule has 0 aromatic rings. The fraction of sp³-hybridized carbons (Fsp3) is 0.909. The van der Waals surface area contributed by atoms with Crippen LogP contribution in [0.4, 0.5) is 0 Å². The van der Waals surface area contributed by atoms with Gasteiger partial charge in [-0.1, -0.05) is 12.8 Å². The molecule has 0 aromatic heterocycles. The number of hydrogen-bond acceptors (Lipinski definition) is 2. The monoisotopic (exact) mass is 197 g/mol. The van der Waals surface area contributed by atoms with Crippen LogP contribution < -0.4 is 5.32 Å². The van der Waals surface area contributed by atoms with Crippen molar-refractivity contribution in [1.29, 1.82) is 0 Å². The molecule has 1 saturated heterocycles. The van der Waals surface area contributed by atoms with Crippen molar-refractivity contribution in [1.82, 2.24) is 5.32 Å². The second kappa shape index (κ2) is 3.23. The van der Waals surface area contributed by atoms with Gasteiger partial charge in [-0.05, 0) is 38.5 Å². The molecule has 2 aliphatic rings. The van der Waals surface area contributed by atoms with E-state index in [1.54, 1.807) is 0 Å². The lowest BCUT2D eigenvalue weighted by Crippen LogP contribution is -2.43. The van der Waals surface area contributed by atoms with Crippen LogP contribution in [0.2, 0.25) is 0 Å². The van der Waals surface area contributed by atoms with E-state index in [2.05, 4.69) is 19.2 Å². The van der Waals surface area contributed by atoms with Crippen molar-refractivity contribution in [2.24, 2.45) is 11.8 Å². The highest BCUT2D eigenvalue weighted by Gasteiger charge is 2.50. The number of carboxylic acids is 1. The summed E-state index contributed by atoms with van der Waals surface area (Å²) in [7, 11) is 0. The van der Waals surface area contributed by atoms with Gasteiger partial charge in [-0.3, -0.25) is 10.1 Å². The van der Waals surface area contributed by atoms with E-state index in [4.69, 9.17) is 5.11 Å². The molecular formula is C11H19NO2. The number of carbonyl (C=O) groups is 1. The molecule has 3 unspecified atom stereocenters. The number of fused-ring (bicyclic) bond motifs is 1. The Hall–Kier alpha value is -0.570. The summed E-state index contributed by atoms with van der Waals surface area (Å²) in [6, 6.07) is -0.310. The minimum atomic E-state index is -0.674. The summed E-state index contributed by atoms with van der Waals surface area (Å²) in [5.41, 5.74) is 0.00808. The minimum Gasteiger partial charge on any atom is -0.480 e. The van der Waals surface area contributed by atoms with Crippen LogP contribution in [-0.2, 0) is 4.79 Å². The largest absolute Gasteiger partial charge is 0.480 e. The minimum absolute atomic E-state index is 0.00808. The van der Waals surface area contributed by atoms with E-state index in [-0.39, 0.29) is 11.6 Å². The molecule has 0 radical (unpaired) electrons. The molecule has 2 fully saturated rings. The molecule has 1 saturated carbocycles. The third-order valence-corrected chi connectivity index (χ3v) is 3.97. The van der Waals surface area contributed by atoms with E-state index in [1.807, 2.05) is 0 Å². The van der Waals surface area contributed by atoms with Crippen LogP contribution in [0.3, 0.4) is 0 Å². The lowest BCUT2D eigenvalue weighted by Gasteiger charge is -2.33. The predicted octanol–water partition coefficient (Wildman–Crippen LogP) is 1.63. The van der Waals surface area contributed by atoms with E-state index in [9.17, 15) is 4.79 Å². The zero-order chi connectivity index (χ0) is 10.3. The summed E-state index contributed by atoms with van der Waals surface area (Å²) < 4.78 is 0. The molecule has 2 rings (SSSR count). The lowest BCUT2D eigenvalue weighted by molar-refractivity contribution is -0.140. The van der Waals surface area contributed by atoms with Gasteiger partial charge in [0.2, 0.25) is 0 Å². The average molecular weight is 197 g/mol. The second-order valence-corrected chi connectivity index (χ2v) is 5.24. The highest BCUT2D eigenvalue weighted by atomic mass is 16.4. The molecule has 0 bridgehead atoms. The molecule has 80 valence electrons. The van der Waals surface area contributed by atoms with Gasteiger partial charge in [0.25, 0.3) is 0 Å². The normalized spacial score (nSPS) is 40.6. The van der Waals surface area contributed by atoms with E-state index in [1.165, 1.54) is 19.3 Å². The van der Waals surface area contributed by atoms with E-state index >= 15 is 0 Å². The highest BCUT2D eigenvalue weighted by molar-refractivity contribution is 5.74.